The Hall–Kier alpha value is -0.660. The van der Waals surface area contributed by atoms with Crippen LogP contribution in [-0.2, 0) is 0 Å². The zero-order chi connectivity index (χ0) is 11.5. The molecule has 15 heavy (non-hydrogen) atoms. The van der Waals surface area contributed by atoms with Gasteiger partial charge in [-0.25, -0.2) is 0 Å². The van der Waals surface area contributed by atoms with Gasteiger partial charge in [-0.3, -0.25) is 0 Å². The van der Waals surface area contributed by atoms with Crippen molar-refractivity contribution >= 4 is 22.6 Å². The summed E-state index contributed by atoms with van der Waals surface area (Å²) in [6.45, 7) is 2.15. The van der Waals surface area contributed by atoms with Crippen LogP contribution in [0.15, 0.2) is 18.2 Å². The minimum atomic E-state index is -4.68. The van der Waals surface area contributed by atoms with Gasteiger partial charge in [0.1, 0.15) is 11.5 Å². The Labute approximate surface area is 98.5 Å². The molecule has 0 aromatic heterocycles. The van der Waals surface area contributed by atoms with Crippen molar-refractivity contribution in [3.05, 3.63) is 21.8 Å². The molecule has 0 N–H and O–H groups in total. The third kappa shape index (κ3) is 3.77. The number of rotatable bonds is 3. The smallest absolute Gasteiger partial charge is 0.493 e. The summed E-state index contributed by atoms with van der Waals surface area (Å²) in [5.74, 6) is 0.147. The lowest BCUT2D eigenvalue weighted by Gasteiger charge is -2.12. The van der Waals surface area contributed by atoms with Gasteiger partial charge in [0.25, 0.3) is 0 Å². The van der Waals surface area contributed by atoms with Crippen LogP contribution in [0.5, 0.6) is 11.5 Å². The van der Waals surface area contributed by atoms with E-state index in [4.69, 9.17) is 4.74 Å². The largest absolute Gasteiger partial charge is 0.573 e. The van der Waals surface area contributed by atoms with Crippen molar-refractivity contribution < 1.29 is 22.6 Å². The molecule has 1 aromatic rings. The maximum atomic E-state index is 12.0. The van der Waals surface area contributed by atoms with Crippen molar-refractivity contribution in [3.63, 3.8) is 0 Å². The number of ether oxygens (including phenoxy) is 2. The molecule has 84 valence electrons. The minimum Gasteiger partial charge on any atom is -0.493 e. The van der Waals surface area contributed by atoms with E-state index in [-0.39, 0.29) is 5.75 Å². The quantitative estimate of drug-likeness (QED) is 0.788. The highest BCUT2D eigenvalue weighted by Gasteiger charge is 2.32. The average Bonchev–Trinajstić information content (AvgIpc) is 2.10. The van der Waals surface area contributed by atoms with Gasteiger partial charge in [0.15, 0.2) is 0 Å². The first kappa shape index (κ1) is 12.4. The SMILES string of the molecule is CCOc1cccc(OC(F)(F)F)c1I. The van der Waals surface area contributed by atoms with Gasteiger partial charge in [-0.1, -0.05) is 6.07 Å². The molecular formula is C9H8F3IO2. The first-order valence-corrected chi connectivity index (χ1v) is 5.19. The van der Waals surface area contributed by atoms with Gasteiger partial charge in [-0.05, 0) is 41.6 Å². The standard InChI is InChI=1S/C9H8F3IO2/c1-2-14-6-4-3-5-7(8(6)13)15-9(10,11)12/h3-5H,2H2,1H3. The Kier molecular flexibility index (Phi) is 4.06. The maximum absolute atomic E-state index is 12.0. The fourth-order valence-corrected chi connectivity index (χ4v) is 1.59. The summed E-state index contributed by atoms with van der Waals surface area (Å²) >= 11 is 1.75. The van der Waals surface area contributed by atoms with Gasteiger partial charge in [0, 0.05) is 0 Å². The fraction of sp³-hybridized carbons (Fsp3) is 0.333. The van der Waals surface area contributed by atoms with Crippen LogP contribution in [0, 0.1) is 3.57 Å². The van der Waals surface area contributed by atoms with Crippen LogP contribution in [0.4, 0.5) is 13.2 Å². The van der Waals surface area contributed by atoms with Crippen LogP contribution < -0.4 is 9.47 Å². The van der Waals surface area contributed by atoms with E-state index in [2.05, 4.69) is 4.74 Å². The molecule has 1 aromatic carbocycles. The lowest BCUT2D eigenvalue weighted by Crippen LogP contribution is -2.18. The van der Waals surface area contributed by atoms with Crippen LogP contribution >= 0.6 is 22.6 Å². The third-order valence-electron chi connectivity index (χ3n) is 1.45. The Bertz CT molecular complexity index is 339. The summed E-state index contributed by atoms with van der Waals surface area (Å²) in [7, 11) is 0. The van der Waals surface area contributed by atoms with Crippen LogP contribution in [0.3, 0.4) is 0 Å². The van der Waals surface area contributed by atoms with E-state index in [9.17, 15) is 13.2 Å². The number of hydrogen-bond acceptors (Lipinski definition) is 2. The molecule has 0 aliphatic heterocycles. The first-order chi connectivity index (χ1) is 6.94. The molecular weight excluding hydrogens is 324 g/mol. The zero-order valence-corrected chi connectivity index (χ0v) is 9.93. The summed E-state index contributed by atoms with van der Waals surface area (Å²) in [5.41, 5.74) is 0. The number of halogens is 4. The molecule has 0 saturated carbocycles. The molecule has 0 spiro atoms. The predicted octanol–water partition coefficient (Wildman–Crippen LogP) is 3.59. The van der Waals surface area contributed by atoms with Gasteiger partial charge in [0.2, 0.25) is 0 Å². The highest BCUT2D eigenvalue weighted by Crippen LogP contribution is 2.33. The van der Waals surface area contributed by atoms with Crippen molar-refractivity contribution in [1.82, 2.24) is 0 Å². The van der Waals surface area contributed by atoms with E-state index in [0.29, 0.717) is 15.9 Å². The second kappa shape index (κ2) is 4.91. The van der Waals surface area contributed by atoms with Crippen LogP contribution in [-0.4, -0.2) is 13.0 Å². The zero-order valence-electron chi connectivity index (χ0n) is 7.77. The number of hydrogen-bond donors (Lipinski definition) is 0. The van der Waals surface area contributed by atoms with Crippen LogP contribution in [0.2, 0.25) is 0 Å². The maximum Gasteiger partial charge on any atom is 0.573 e. The van der Waals surface area contributed by atoms with Crippen molar-refractivity contribution in [2.75, 3.05) is 6.61 Å². The Morgan fingerprint density at radius 1 is 1.27 bits per heavy atom. The summed E-state index contributed by atoms with van der Waals surface area (Å²) in [6, 6.07) is 4.29. The minimum absolute atomic E-state index is 0.242. The van der Waals surface area contributed by atoms with Gasteiger partial charge >= 0.3 is 6.36 Å². The van der Waals surface area contributed by atoms with Gasteiger partial charge in [-0.15, -0.1) is 13.2 Å². The number of benzene rings is 1. The normalized spacial score (nSPS) is 11.3. The second-order valence-electron chi connectivity index (χ2n) is 2.55. The molecule has 2 nitrogen and oxygen atoms in total. The molecule has 0 unspecified atom stereocenters. The van der Waals surface area contributed by atoms with Crippen molar-refractivity contribution in [2.45, 2.75) is 13.3 Å². The van der Waals surface area contributed by atoms with E-state index in [1.165, 1.54) is 12.1 Å². The Balaban J connectivity index is 2.94. The molecule has 0 bridgehead atoms. The molecule has 1 rings (SSSR count). The molecule has 0 aliphatic carbocycles. The molecule has 0 saturated heterocycles. The summed E-state index contributed by atoms with van der Waals surface area (Å²) in [5, 5.41) is 0. The molecule has 0 atom stereocenters. The highest BCUT2D eigenvalue weighted by atomic mass is 127. The van der Waals surface area contributed by atoms with Crippen molar-refractivity contribution in [2.24, 2.45) is 0 Å². The number of alkyl halides is 3. The predicted molar refractivity (Wildman–Crippen MR) is 57.0 cm³/mol. The Morgan fingerprint density at radius 3 is 2.40 bits per heavy atom. The summed E-state index contributed by atoms with van der Waals surface area (Å²) < 4.78 is 45.2. The molecule has 0 fully saturated rings. The van der Waals surface area contributed by atoms with Gasteiger partial charge in [-0.2, -0.15) is 0 Å². The lowest BCUT2D eigenvalue weighted by molar-refractivity contribution is -0.275. The fourth-order valence-electron chi connectivity index (χ4n) is 0.961. The first-order valence-electron chi connectivity index (χ1n) is 4.11. The molecule has 0 heterocycles. The van der Waals surface area contributed by atoms with E-state index >= 15 is 0 Å². The van der Waals surface area contributed by atoms with E-state index in [1.807, 2.05) is 0 Å². The van der Waals surface area contributed by atoms with Crippen LogP contribution in [0.25, 0.3) is 0 Å². The van der Waals surface area contributed by atoms with Crippen molar-refractivity contribution in [1.29, 1.82) is 0 Å². The lowest BCUT2D eigenvalue weighted by atomic mass is 10.3. The molecule has 0 radical (unpaired) electrons. The molecule has 6 heteroatoms. The summed E-state index contributed by atoms with van der Waals surface area (Å²) in [6.07, 6.45) is -4.68. The third-order valence-corrected chi connectivity index (χ3v) is 2.52. The highest BCUT2D eigenvalue weighted by molar-refractivity contribution is 14.1. The Morgan fingerprint density at radius 2 is 1.87 bits per heavy atom. The molecule has 0 aliphatic rings. The van der Waals surface area contributed by atoms with Gasteiger partial charge < -0.3 is 9.47 Å². The average molecular weight is 332 g/mol. The summed E-state index contributed by atoms with van der Waals surface area (Å²) in [4.78, 5) is 0. The van der Waals surface area contributed by atoms with Gasteiger partial charge in [0.05, 0.1) is 10.2 Å². The van der Waals surface area contributed by atoms with E-state index in [0.717, 1.165) is 0 Å². The second-order valence-corrected chi connectivity index (χ2v) is 3.63. The van der Waals surface area contributed by atoms with E-state index < -0.39 is 6.36 Å². The topological polar surface area (TPSA) is 18.5 Å². The molecule has 0 amide bonds. The van der Waals surface area contributed by atoms with Crippen molar-refractivity contribution in [3.8, 4) is 11.5 Å². The van der Waals surface area contributed by atoms with E-state index in [1.54, 1.807) is 35.6 Å². The monoisotopic (exact) mass is 332 g/mol. The van der Waals surface area contributed by atoms with Crippen LogP contribution in [0.1, 0.15) is 6.92 Å².